The van der Waals surface area contributed by atoms with Gasteiger partial charge < -0.3 is 30.1 Å². The van der Waals surface area contributed by atoms with Gasteiger partial charge in [0.1, 0.15) is 29.7 Å². The number of nitro groups is 1. The summed E-state index contributed by atoms with van der Waals surface area (Å²) in [6.45, 7) is -0.471. The number of nitro benzene ring substituents is 1. The minimum atomic E-state index is -1.32. The van der Waals surface area contributed by atoms with Crippen LogP contribution >= 0.6 is 0 Å². The van der Waals surface area contributed by atoms with Crippen LogP contribution in [0.2, 0.25) is 0 Å². The molecule has 1 aliphatic heterocycles. The molecule has 0 aliphatic carbocycles. The second kappa shape index (κ2) is 6.22. The molecule has 0 spiro atoms. The number of anilines is 1. The number of nitrogens with zero attached hydrogens (tertiary/aromatic N) is 1. The molecule has 2 rings (SSSR count). The quantitative estimate of drug-likeness (QED) is 0.420. The Hall–Kier alpha value is -1.94. The van der Waals surface area contributed by atoms with E-state index < -0.39 is 36.1 Å². The average molecular weight is 300 g/mol. The van der Waals surface area contributed by atoms with Gasteiger partial charge in [-0.2, -0.15) is 0 Å². The van der Waals surface area contributed by atoms with Crippen LogP contribution in [0.25, 0.3) is 0 Å². The molecule has 9 heteroatoms. The molecule has 1 heterocycles. The fraction of sp³-hybridized carbons (Fsp3) is 0.500. The van der Waals surface area contributed by atoms with E-state index >= 15 is 0 Å². The summed E-state index contributed by atoms with van der Waals surface area (Å²) in [6.07, 6.45) is -4.60. The molecule has 9 nitrogen and oxygen atoms in total. The topological polar surface area (TPSA) is 134 Å². The largest absolute Gasteiger partial charge is 0.496 e. The molecule has 1 aliphatic rings. The van der Waals surface area contributed by atoms with Crippen molar-refractivity contribution in [1.82, 2.24) is 0 Å². The fourth-order valence-electron chi connectivity index (χ4n) is 2.08. The van der Waals surface area contributed by atoms with E-state index in [9.17, 15) is 20.3 Å². The van der Waals surface area contributed by atoms with Gasteiger partial charge in [0.05, 0.1) is 24.7 Å². The van der Waals surface area contributed by atoms with Crippen LogP contribution < -0.4 is 10.1 Å². The summed E-state index contributed by atoms with van der Waals surface area (Å²) in [6, 6.07) is 4.14. The summed E-state index contributed by atoms with van der Waals surface area (Å²) < 4.78 is 10.1. The SMILES string of the molecule is COc1ccc(N[C@@H]2O[C@@H](CO)[C@@H](O)[C@H]2O)c([N+](=O)[O-])c1. The molecule has 4 atom stereocenters. The summed E-state index contributed by atoms with van der Waals surface area (Å²) in [5, 5.41) is 42.1. The lowest BCUT2D eigenvalue weighted by Gasteiger charge is -2.17. The van der Waals surface area contributed by atoms with E-state index in [0.717, 1.165) is 0 Å². The molecular weight excluding hydrogens is 284 g/mol. The van der Waals surface area contributed by atoms with E-state index in [1.807, 2.05) is 0 Å². The fourth-order valence-corrected chi connectivity index (χ4v) is 2.08. The van der Waals surface area contributed by atoms with Gasteiger partial charge in [0, 0.05) is 0 Å². The summed E-state index contributed by atoms with van der Waals surface area (Å²) >= 11 is 0. The van der Waals surface area contributed by atoms with Gasteiger partial charge >= 0.3 is 0 Å². The van der Waals surface area contributed by atoms with Crippen LogP contribution in [0.4, 0.5) is 11.4 Å². The second-order valence-corrected chi connectivity index (χ2v) is 4.54. The van der Waals surface area contributed by atoms with E-state index in [0.29, 0.717) is 5.75 Å². The Bertz CT molecular complexity index is 524. The lowest BCUT2D eigenvalue weighted by atomic mass is 10.1. The molecule has 0 radical (unpaired) electrons. The summed E-state index contributed by atoms with van der Waals surface area (Å²) in [5.74, 6) is 0.313. The zero-order chi connectivity index (χ0) is 15.6. The highest BCUT2D eigenvalue weighted by Crippen LogP contribution is 2.31. The maximum absolute atomic E-state index is 11.0. The number of nitrogens with one attached hydrogen (secondary N) is 1. The van der Waals surface area contributed by atoms with E-state index in [2.05, 4.69) is 5.32 Å². The number of hydrogen-bond donors (Lipinski definition) is 4. The molecule has 1 fully saturated rings. The summed E-state index contributed by atoms with van der Waals surface area (Å²) in [7, 11) is 1.39. The van der Waals surface area contributed by atoms with E-state index in [-0.39, 0.29) is 11.4 Å². The third-order valence-electron chi connectivity index (χ3n) is 3.24. The van der Waals surface area contributed by atoms with E-state index in [1.54, 1.807) is 0 Å². The van der Waals surface area contributed by atoms with Gasteiger partial charge in [-0.25, -0.2) is 0 Å². The van der Waals surface area contributed by atoms with Gasteiger partial charge in [-0.3, -0.25) is 10.1 Å². The maximum atomic E-state index is 11.0. The first-order valence-corrected chi connectivity index (χ1v) is 6.19. The molecule has 1 aromatic carbocycles. The first kappa shape index (κ1) is 15.4. The number of hydrogen-bond acceptors (Lipinski definition) is 8. The molecule has 116 valence electrons. The predicted octanol–water partition coefficient (Wildman–Crippen LogP) is -0.546. The molecule has 0 aromatic heterocycles. The van der Waals surface area contributed by atoms with Crippen LogP contribution in [-0.4, -0.2) is 58.5 Å². The van der Waals surface area contributed by atoms with Gasteiger partial charge in [-0.1, -0.05) is 0 Å². The zero-order valence-corrected chi connectivity index (χ0v) is 11.2. The predicted molar refractivity (Wildman–Crippen MR) is 71.0 cm³/mol. The van der Waals surface area contributed by atoms with Crippen molar-refractivity contribution in [2.75, 3.05) is 19.0 Å². The van der Waals surface area contributed by atoms with Gasteiger partial charge in [0.15, 0.2) is 6.23 Å². The summed E-state index contributed by atoms with van der Waals surface area (Å²) in [4.78, 5) is 10.4. The van der Waals surface area contributed by atoms with Crippen LogP contribution in [0.15, 0.2) is 18.2 Å². The molecule has 0 saturated carbocycles. The van der Waals surface area contributed by atoms with Crippen molar-refractivity contribution in [1.29, 1.82) is 0 Å². The van der Waals surface area contributed by atoms with Crippen LogP contribution in [0, 0.1) is 10.1 Å². The highest BCUT2D eigenvalue weighted by molar-refractivity contribution is 5.64. The Labute approximate surface area is 119 Å². The van der Waals surface area contributed by atoms with E-state index in [4.69, 9.17) is 14.6 Å². The maximum Gasteiger partial charge on any atom is 0.296 e. The van der Waals surface area contributed by atoms with E-state index in [1.165, 1.54) is 25.3 Å². The second-order valence-electron chi connectivity index (χ2n) is 4.54. The Morgan fingerprint density at radius 1 is 1.43 bits per heavy atom. The van der Waals surface area contributed by atoms with Crippen LogP contribution in [0.1, 0.15) is 0 Å². The number of methoxy groups -OCH3 is 1. The standard InChI is InChI=1S/C12H16N2O7/c1-20-6-2-3-7(8(4-6)14(18)19)13-12-11(17)10(16)9(5-15)21-12/h2-4,9-13,15-17H,5H2,1H3/t9-,10+,11+,12+/m0/s1. The smallest absolute Gasteiger partial charge is 0.296 e. The van der Waals surface area contributed by atoms with Gasteiger partial charge in [-0.05, 0) is 12.1 Å². The summed E-state index contributed by atoms with van der Waals surface area (Å²) in [5.41, 5.74) is -0.150. The Kier molecular flexibility index (Phi) is 4.58. The van der Waals surface area contributed by atoms with Crippen LogP contribution in [0.3, 0.4) is 0 Å². The minimum Gasteiger partial charge on any atom is -0.496 e. The lowest BCUT2D eigenvalue weighted by Crippen LogP contribution is -2.36. The van der Waals surface area contributed by atoms with Crippen molar-refractivity contribution in [3.8, 4) is 5.75 Å². The first-order chi connectivity index (χ1) is 9.97. The normalized spacial score (nSPS) is 28.4. The third kappa shape index (κ3) is 3.05. The van der Waals surface area contributed by atoms with Gasteiger partial charge in [-0.15, -0.1) is 0 Å². The van der Waals surface area contributed by atoms with Crippen molar-refractivity contribution < 1.29 is 29.7 Å². The van der Waals surface area contributed by atoms with Gasteiger partial charge in [0.25, 0.3) is 5.69 Å². The average Bonchev–Trinajstić information content (AvgIpc) is 2.75. The van der Waals surface area contributed by atoms with Crippen molar-refractivity contribution in [3.63, 3.8) is 0 Å². The van der Waals surface area contributed by atoms with Crippen molar-refractivity contribution >= 4 is 11.4 Å². The van der Waals surface area contributed by atoms with Crippen molar-refractivity contribution in [2.45, 2.75) is 24.5 Å². The number of aliphatic hydroxyl groups is 3. The molecule has 1 aromatic rings. The van der Waals surface area contributed by atoms with Crippen molar-refractivity contribution in [3.05, 3.63) is 28.3 Å². The van der Waals surface area contributed by atoms with Crippen LogP contribution in [0.5, 0.6) is 5.75 Å². The Morgan fingerprint density at radius 2 is 2.14 bits per heavy atom. The Balaban J connectivity index is 2.22. The highest BCUT2D eigenvalue weighted by atomic mass is 16.6. The molecule has 1 saturated heterocycles. The molecule has 21 heavy (non-hydrogen) atoms. The number of rotatable bonds is 5. The number of benzene rings is 1. The molecule has 0 amide bonds. The lowest BCUT2D eigenvalue weighted by molar-refractivity contribution is -0.384. The molecule has 4 N–H and O–H groups in total. The number of aliphatic hydroxyl groups excluding tert-OH is 3. The minimum absolute atomic E-state index is 0.107. The molecule has 0 bridgehead atoms. The molecule has 0 unspecified atom stereocenters. The molecular formula is C12H16N2O7. The van der Waals surface area contributed by atoms with Crippen molar-refractivity contribution in [2.24, 2.45) is 0 Å². The van der Waals surface area contributed by atoms with Gasteiger partial charge in [0.2, 0.25) is 0 Å². The van der Waals surface area contributed by atoms with Crippen LogP contribution in [-0.2, 0) is 4.74 Å². The highest BCUT2D eigenvalue weighted by Gasteiger charge is 2.42. The zero-order valence-electron chi connectivity index (χ0n) is 11.2. The number of ether oxygens (including phenoxy) is 2. The monoisotopic (exact) mass is 300 g/mol. The Morgan fingerprint density at radius 3 is 2.67 bits per heavy atom. The first-order valence-electron chi connectivity index (χ1n) is 6.19. The third-order valence-corrected chi connectivity index (χ3v) is 3.24.